The molecule has 0 saturated carbocycles. The summed E-state index contributed by atoms with van der Waals surface area (Å²) < 4.78 is 0. The summed E-state index contributed by atoms with van der Waals surface area (Å²) in [6.07, 6.45) is 3.27. The largest absolute Gasteiger partial charge is 0.477 e. The number of primary amides is 1. The molecule has 108 valence electrons. The number of aromatic nitrogens is 1. The van der Waals surface area contributed by atoms with Gasteiger partial charge in [0.25, 0.3) is 0 Å². The van der Waals surface area contributed by atoms with Crippen molar-refractivity contribution in [2.24, 2.45) is 11.7 Å². The Labute approximate surface area is 117 Å². The first kappa shape index (κ1) is 14.3. The summed E-state index contributed by atoms with van der Waals surface area (Å²) in [4.78, 5) is 28.0. The number of hydrogen-bond donors (Lipinski definition) is 2. The van der Waals surface area contributed by atoms with Gasteiger partial charge in [0.1, 0.15) is 5.82 Å². The lowest BCUT2D eigenvalue weighted by Gasteiger charge is -2.33. The second-order valence-electron chi connectivity index (χ2n) is 5.15. The number of rotatable bonds is 5. The van der Waals surface area contributed by atoms with Gasteiger partial charge < -0.3 is 15.7 Å². The van der Waals surface area contributed by atoms with Crippen LogP contribution in [0.25, 0.3) is 0 Å². The minimum atomic E-state index is -1.02. The molecule has 0 bridgehead atoms. The molecular weight excluding hydrogens is 258 g/mol. The molecule has 0 spiro atoms. The summed E-state index contributed by atoms with van der Waals surface area (Å²) in [6, 6.07) is 5.02. The maximum atomic E-state index is 10.9. The third-order valence-electron chi connectivity index (χ3n) is 3.60. The molecule has 1 atom stereocenters. The number of carbonyl (C=O) groups is 2. The standard InChI is InChI=1S/C14H19N3O3/c15-12(18)7-6-10-3-2-8-17(9-10)13-5-1-4-11(16-13)14(19)20/h1,4-5,10H,2-3,6-9H2,(H2,15,18)(H,19,20). The number of carbonyl (C=O) groups excluding carboxylic acids is 1. The van der Waals surface area contributed by atoms with Gasteiger partial charge in [0, 0.05) is 19.5 Å². The van der Waals surface area contributed by atoms with Crippen LogP contribution < -0.4 is 10.6 Å². The van der Waals surface area contributed by atoms with Crippen LogP contribution in [0.5, 0.6) is 0 Å². The van der Waals surface area contributed by atoms with Crippen LogP contribution in [0.15, 0.2) is 18.2 Å². The number of nitrogens with two attached hydrogens (primary N) is 1. The van der Waals surface area contributed by atoms with Crippen molar-refractivity contribution in [1.82, 2.24) is 4.98 Å². The van der Waals surface area contributed by atoms with Gasteiger partial charge in [-0.25, -0.2) is 9.78 Å². The average Bonchev–Trinajstić information content (AvgIpc) is 2.45. The highest BCUT2D eigenvalue weighted by Crippen LogP contribution is 2.24. The highest BCUT2D eigenvalue weighted by molar-refractivity contribution is 5.85. The monoisotopic (exact) mass is 277 g/mol. The van der Waals surface area contributed by atoms with Gasteiger partial charge in [-0.05, 0) is 37.3 Å². The molecule has 20 heavy (non-hydrogen) atoms. The molecule has 2 heterocycles. The van der Waals surface area contributed by atoms with Crippen LogP contribution in [0.4, 0.5) is 5.82 Å². The number of carboxylic acids is 1. The molecule has 6 heteroatoms. The summed E-state index contributed by atoms with van der Waals surface area (Å²) >= 11 is 0. The maximum absolute atomic E-state index is 10.9. The molecule has 1 unspecified atom stereocenters. The van der Waals surface area contributed by atoms with Gasteiger partial charge in [-0.1, -0.05) is 6.07 Å². The van der Waals surface area contributed by atoms with Crippen molar-refractivity contribution in [3.05, 3.63) is 23.9 Å². The predicted molar refractivity (Wildman–Crippen MR) is 74.6 cm³/mol. The third-order valence-corrected chi connectivity index (χ3v) is 3.60. The maximum Gasteiger partial charge on any atom is 0.354 e. The van der Waals surface area contributed by atoms with Crippen LogP contribution in [0.2, 0.25) is 0 Å². The van der Waals surface area contributed by atoms with Crippen molar-refractivity contribution in [3.8, 4) is 0 Å². The summed E-state index contributed by atoms with van der Waals surface area (Å²) in [6.45, 7) is 1.66. The van der Waals surface area contributed by atoms with Gasteiger partial charge in [-0.15, -0.1) is 0 Å². The molecule has 1 aromatic rings. The molecule has 1 fully saturated rings. The Morgan fingerprint density at radius 3 is 2.95 bits per heavy atom. The average molecular weight is 277 g/mol. The van der Waals surface area contributed by atoms with Crippen molar-refractivity contribution in [3.63, 3.8) is 0 Å². The first-order valence-electron chi connectivity index (χ1n) is 6.80. The number of hydrogen-bond acceptors (Lipinski definition) is 4. The van der Waals surface area contributed by atoms with Gasteiger partial charge in [0.2, 0.25) is 5.91 Å². The van der Waals surface area contributed by atoms with E-state index in [4.69, 9.17) is 10.8 Å². The Morgan fingerprint density at radius 2 is 2.25 bits per heavy atom. The number of pyridine rings is 1. The van der Waals surface area contributed by atoms with Crippen LogP contribution in [0, 0.1) is 5.92 Å². The highest BCUT2D eigenvalue weighted by atomic mass is 16.4. The molecule has 3 N–H and O–H groups in total. The van der Waals surface area contributed by atoms with E-state index in [1.165, 1.54) is 6.07 Å². The van der Waals surface area contributed by atoms with E-state index in [0.717, 1.165) is 32.4 Å². The normalized spacial score (nSPS) is 18.8. The van der Waals surface area contributed by atoms with E-state index in [0.29, 0.717) is 18.2 Å². The van der Waals surface area contributed by atoms with E-state index >= 15 is 0 Å². The SMILES string of the molecule is NC(=O)CCC1CCCN(c2cccc(C(=O)O)n2)C1. The van der Waals surface area contributed by atoms with E-state index < -0.39 is 5.97 Å². The Morgan fingerprint density at radius 1 is 1.45 bits per heavy atom. The third kappa shape index (κ3) is 3.69. The minimum absolute atomic E-state index is 0.0572. The lowest BCUT2D eigenvalue weighted by atomic mass is 9.93. The number of piperidine rings is 1. The summed E-state index contributed by atoms with van der Waals surface area (Å²) in [5.74, 6) is -0.192. The molecule has 1 aliphatic heterocycles. The highest BCUT2D eigenvalue weighted by Gasteiger charge is 2.21. The number of nitrogens with zero attached hydrogens (tertiary/aromatic N) is 2. The Balaban J connectivity index is 2.03. The van der Waals surface area contributed by atoms with Gasteiger partial charge >= 0.3 is 5.97 Å². The molecular formula is C14H19N3O3. The molecule has 1 saturated heterocycles. The lowest BCUT2D eigenvalue weighted by Crippen LogP contribution is -2.36. The molecule has 0 aliphatic carbocycles. The molecule has 0 radical (unpaired) electrons. The van der Waals surface area contributed by atoms with Crippen molar-refractivity contribution in [2.75, 3.05) is 18.0 Å². The predicted octanol–water partition coefficient (Wildman–Crippen LogP) is 1.26. The molecule has 1 aromatic heterocycles. The Kier molecular flexibility index (Phi) is 4.55. The zero-order valence-electron chi connectivity index (χ0n) is 11.3. The van der Waals surface area contributed by atoms with E-state index in [1.807, 2.05) is 6.07 Å². The number of aromatic carboxylic acids is 1. The smallest absolute Gasteiger partial charge is 0.354 e. The molecule has 0 aromatic carbocycles. The van der Waals surface area contributed by atoms with E-state index in [-0.39, 0.29) is 11.6 Å². The topological polar surface area (TPSA) is 96.5 Å². The summed E-state index contributed by atoms with van der Waals surface area (Å²) in [7, 11) is 0. The van der Waals surface area contributed by atoms with Crippen molar-refractivity contribution in [2.45, 2.75) is 25.7 Å². The first-order chi connectivity index (χ1) is 9.56. The van der Waals surface area contributed by atoms with E-state index in [9.17, 15) is 9.59 Å². The number of carboxylic acid groups (broad SMARTS) is 1. The zero-order valence-corrected chi connectivity index (χ0v) is 11.3. The van der Waals surface area contributed by atoms with Gasteiger partial charge in [-0.2, -0.15) is 0 Å². The number of amides is 1. The fraction of sp³-hybridized carbons (Fsp3) is 0.500. The van der Waals surface area contributed by atoms with Crippen LogP contribution in [-0.2, 0) is 4.79 Å². The summed E-state index contributed by atoms with van der Waals surface area (Å²) in [5.41, 5.74) is 5.24. The van der Waals surface area contributed by atoms with Gasteiger partial charge in [-0.3, -0.25) is 4.79 Å². The fourth-order valence-corrected chi connectivity index (χ4v) is 2.57. The van der Waals surface area contributed by atoms with Crippen LogP contribution in [0.3, 0.4) is 0 Å². The minimum Gasteiger partial charge on any atom is -0.477 e. The van der Waals surface area contributed by atoms with Gasteiger partial charge in [0.05, 0.1) is 0 Å². The Bertz CT molecular complexity index is 504. The van der Waals surface area contributed by atoms with E-state index in [1.54, 1.807) is 6.07 Å². The van der Waals surface area contributed by atoms with Crippen LogP contribution in [0.1, 0.15) is 36.2 Å². The van der Waals surface area contributed by atoms with Crippen molar-refractivity contribution in [1.29, 1.82) is 0 Å². The molecule has 2 rings (SSSR count). The number of anilines is 1. The molecule has 1 aliphatic rings. The van der Waals surface area contributed by atoms with Gasteiger partial charge in [0.15, 0.2) is 5.69 Å². The second kappa shape index (κ2) is 6.36. The van der Waals surface area contributed by atoms with E-state index in [2.05, 4.69) is 9.88 Å². The summed E-state index contributed by atoms with van der Waals surface area (Å²) in [5, 5.41) is 8.97. The Hall–Kier alpha value is -2.11. The fourth-order valence-electron chi connectivity index (χ4n) is 2.57. The zero-order chi connectivity index (χ0) is 14.5. The molecule has 6 nitrogen and oxygen atoms in total. The lowest BCUT2D eigenvalue weighted by molar-refractivity contribution is -0.118. The van der Waals surface area contributed by atoms with Crippen LogP contribution in [-0.4, -0.2) is 35.1 Å². The van der Waals surface area contributed by atoms with Crippen LogP contribution >= 0.6 is 0 Å². The second-order valence-corrected chi connectivity index (χ2v) is 5.15. The van der Waals surface area contributed by atoms with Crippen molar-refractivity contribution < 1.29 is 14.7 Å². The quantitative estimate of drug-likeness (QED) is 0.844. The van der Waals surface area contributed by atoms with Crippen molar-refractivity contribution >= 4 is 17.7 Å². The first-order valence-corrected chi connectivity index (χ1v) is 6.80. The molecule has 1 amide bonds.